The summed E-state index contributed by atoms with van der Waals surface area (Å²) in [7, 11) is 0. The Labute approximate surface area is 110 Å². The van der Waals surface area contributed by atoms with Gasteiger partial charge in [-0.15, -0.1) is 0 Å². The molecule has 1 aliphatic heterocycles. The lowest BCUT2D eigenvalue weighted by Gasteiger charge is -2.21. The van der Waals surface area contributed by atoms with E-state index in [4.69, 9.17) is 0 Å². The number of hydrogen-bond donors (Lipinski definition) is 1. The molecule has 0 aromatic heterocycles. The van der Waals surface area contributed by atoms with Crippen LogP contribution in [0.2, 0.25) is 0 Å². The van der Waals surface area contributed by atoms with Crippen molar-refractivity contribution >= 4 is 0 Å². The molecule has 0 aliphatic carbocycles. The van der Waals surface area contributed by atoms with Crippen molar-refractivity contribution in [2.24, 2.45) is 0 Å². The maximum atomic E-state index is 3.54. The first-order valence-electron chi connectivity index (χ1n) is 6.88. The molecule has 1 atom stereocenters. The van der Waals surface area contributed by atoms with Gasteiger partial charge in [0, 0.05) is 18.2 Å². The number of hydrogen-bond acceptors (Lipinski definition) is 2. The molecule has 1 aromatic rings. The highest BCUT2D eigenvalue weighted by molar-refractivity contribution is 5.33. The minimum absolute atomic E-state index is 0.670. The number of nitrogens with one attached hydrogen (secondary N) is 1. The van der Waals surface area contributed by atoms with Gasteiger partial charge in [-0.05, 0) is 38.1 Å². The first-order chi connectivity index (χ1) is 8.88. The molecule has 1 N–H and O–H groups in total. The van der Waals surface area contributed by atoms with Crippen LogP contribution in [0.25, 0.3) is 0 Å². The summed E-state index contributed by atoms with van der Waals surface area (Å²) in [5.41, 5.74) is 1.10. The normalized spacial score (nSPS) is 18.7. The summed E-state index contributed by atoms with van der Waals surface area (Å²) in [6, 6.07) is 10.9. The summed E-state index contributed by atoms with van der Waals surface area (Å²) < 4.78 is 0. The molecule has 18 heavy (non-hydrogen) atoms. The predicted octanol–water partition coefficient (Wildman–Crippen LogP) is 2.11. The van der Waals surface area contributed by atoms with Gasteiger partial charge in [-0.1, -0.05) is 37.0 Å². The van der Waals surface area contributed by atoms with Crippen molar-refractivity contribution in [3.05, 3.63) is 35.9 Å². The zero-order chi connectivity index (χ0) is 12.6. The topological polar surface area (TPSA) is 15.3 Å². The molecule has 0 bridgehead atoms. The van der Waals surface area contributed by atoms with Crippen LogP contribution in [0, 0.1) is 11.8 Å². The Morgan fingerprint density at radius 2 is 2.17 bits per heavy atom. The van der Waals surface area contributed by atoms with Crippen LogP contribution < -0.4 is 5.32 Å². The van der Waals surface area contributed by atoms with Crippen molar-refractivity contribution in [3.8, 4) is 11.8 Å². The maximum absolute atomic E-state index is 3.54. The van der Waals surface area contributed by atoms with Crippen molar-refractivity contribution in [1.82, 2.24) is 10.2 Å². The van der Waals surface area contributed by atoms with Crippen molar-refractivity contribution in [1.29, 1.82) is 0 Å². The van der Waals surface area contributed by atoms with Crippen LogP contribution in [0.1, 0.15) is 25.3 Å². The first-order valence-corrected chi connectivity index (χ1v) is 6.88. The van der Waals surface area contributed by atoms with Crippen LogP contribution >= 0.6 is 0 Å². The Hall–Kier alpha value is -1.30. The molecule has 0 saturated carbocycles. The molecule has 1 saturated heterocycles. The molecule has 0 spiro atoms. The van der Waals surface area contributed by atoms with Crippen molar-refractivity contribution in [2.75, 3.05) is 26.2 Å². The Bertz CT molecular complexity index is 396. The highest BCUT2D eigenvalue weighted by atomic mass is 15.1. The average molecular weight is 242 g/mol. The zero-order valence-corrected chi connectivity index (χ0v) is 11.2. The number of nitrogens with zero attached hydrogens (tertiary/aromatic N) is 1. The summed E-state index contributed by atoms with van der Waals surface area (Å²) in [5, 5.41) is 3.54. The van der Waals surface area contributed by atoms with E-state index in [1.165, 1.54) is 19.4 Å². The average Bonchev–Trinajstić information content (AvgIpc) is 2.92. The van der Waals surface area contributed by atoms with E-state index in [-0.39, 0.29) is 0 Å². The molecule has 1 heterocycles. The molecule has 1 aliphatic rings. The van der Waals surface area contributed by atoms with Crippen molar-refractivity contribution in [2.45, 2.75) is 25.8 Å². The number of rotatable bonds is 4. The molecule has 0 amide bonds. The first kappa shape index (κ1) is 13.1. The Morgan fingerprint density at radius 1 is 1.33 bits per heavy atom. The second kappa shape index (κ2) is 7.20. The zero-order valence-electron chi connectivity index (χ0n) is 11.2. The summed E-state index contributed by atoms with van der Waals surface area (Å²) in [5.74, 6) is 6.50. The number of likely N-dealkylation sites (N-methyl/N-ethyl adjacent to an activating group) is 1. The van der Waals surface area contributed by atoms with Crippen molar-refractivity contribution in [3.63, 3.8) is 0 Å². The molecule has 96 valence electrons. The SMILES string of the molecule is CCN(CC#Cc1ccccc1)CC1CCCN1. The van der Waals surface area contributed by atoms with Crippen LogP contribution in [0.3, 0.4) is 0 Å². The summed E-state index contributed by atoms with van der Waals surface area (Å²) in [6.45, 7) is 6.45. The smallest absolute Gasteiger partial charge is 0.0605 e. The van der Waals surface area contributed by atoms with E-state index in [0.29, 0.717) is 6.04 Å². The summed E-state index contributed by atoms with van der Waals surface area (Å²) >= 11 is 0. The quantitative estimate of drug-likeness (QED) is 0.814. The van der Waals surface area contributed by atoms with Gasteiger partial charge in [0.2, 0.25) is 0 Å². The molecule has 0 radical (unpaired) electrons. The van der Waals surface area contributed by atoms with Gasteiger partial charge in [0.25, 0.3) is 0 Å². The van der Waals surface area contributed by atoms with Crippen LogP contribution in [-0.2, 0) is 0 Å². The Kier molecular flexibility index (Phi) is 5.26. The van der Waals surface area contributed by atoms with Crippen LogP contribution in [0.4, 0.5) is 0 Å². The highest BCUT2D eigenvalue weighted by Crippen LogP contribution is 2.06. The van der Waals surface area contributed by atoms with E-state index in [9.17, 15) is 0 Å². The molecule has 2 heteroatoms. The maximum Gasteiger partial charge on any atom is 0.0605 e. The van der Waals surface area contributed by atoms with Gasteiger partial charge in [-0.25, -0.2) is 0 Å². The molecular formula is C16H22N2. The van der Waals surface area contributed by atoms with Gasteiger partial charge in [-0.3, -0.25) is 4.90 Å². The lowest BCUT2D eigenvalue weighted by atomic mass is 10.2. The van der Waals surface area contributed by atoms with Gasteiger partial charge < -0.3 is 5.32 Å². The molecule has 1 aromatic carbocycles. The van der Waals surface area contributed by atoms with Gasteiger partial charge in [0.05, 0.1) is 6.54 Å². The van der Waals surface area contributed by atoms with Crippen molar-refractivity contribution < 1.29 is 0 Å². The lowest BCUT2D eigenvalue weighted by molar-refractivity contribution is 0.291. The van der Waals surface area contributed by atoms with E-state index >= 15 is 0 Å². The van der Waals surface area contributed by atoms with E-state index in [0.717, 1.165) is 25.2 Å². The van der Waals surface area contributed by atoms with Crippen LogP contribution in [0.15, 0.2) is 30.3 Å². The fourth-order valence-electron chi connectivity index (χ4n) is 2.30. The third-order valence-corrected chi connectivity index (χ3v) is 3.40. The Morgan fingerprint density at radius 3 is 2.83 bits per heavy atom. The summed E-state index contributed by atoms with van der Waals surface area (Å²) in [4.78, 5) is 2.42. The number of benzene rings is 1. The standard InChI is InChI=1S/C16H22N2/c1-2-18(14-16-11-6-12-17-16)13-7-10-15-8-4-3-5-9-15/h3-5,8-9,16-17H,2,6,11-14H2,1H3. The largest absolute Gasteiger partial charge is 0.313 e. The molecular weight excluding hydrogens is 220 g/mol. The summed E-state index contributed by atoms with van der Waals surface area (Å²) in [6.07, 6.45) is 2.63. The minimum atomic E-state index is 0.670. The third kappa shape index (κ3) is 4.18. The van der Waals surface area contributed by atoms with E-state index in [1.54, 1.807) is 0 Å². The fourth-order valence-corrected chi connectivity index (χ4v) is 2.30. The second-order valence-corrected chi connectivity index (χ2v) is 4.79. The predicted molar refractivity (Wildman–Crippen MR) is 76.5 cm³/mol. The second-order valence-electron chi connectivity index (χ2n) is 4.79. The van der Waals surface area contributed by atoms with Gasteiger partial charge in [0.15, 0.2) is 0 Å². The van der Waals surface area contributed by atoms with Gasteiger partial charge >= 0.3 is 0 Å². The monoisotopic (exact) mass is 242 g/mol. The lowest BCUT2D eigenvalue weighted by Crippen LogP contribution is -2.37. The van der Waals surface area contributed by atoms with E-state index < -0.39 is 0 Å². The van der Waals surface area contributed by atoms with Gasteiger partial charge in [-0.2, -0.15) is 0 Å². The third-order valence-electron chi connectivity index (χ3n) is 3.40. The molecule has 2 rings (SSSR count). The van der Waals surface area contributed by atoms with E-state index in [2.05, 4.69) is 41.1 Å². The molecule has 1 unspecified atom stereocenters. The molecule has 1 fully saturated rings. The van der Waals surface area contributed by atoms with E-state index in [1.807, 2.05) is 18.2 Å². The van der Waals surface area contributed by atoms with Gasteiger partial charge in [0.1, 0.15) is 0 Å². The fraction of sp³-hybridized carbons (Fsp3) is 0.500. The van der Waals surface area contributed by atoms with Crippen LogP contribution in [-0.4, -0.2) is 37.1 Å². The Balaban J connectivity index is 1.81. The highest BCUT2D eigenvalue weighted by Gasteiger charge is 2.16. The molecule has 2 nitrogen and oxygen atoms in total. The minimum Gasteiger partial charge on any atom is -0.313 e. The van der Waals surface area contributed by atoms with Crippen LogP contribution in [0.5, 0.6) is 0 Å².